The van der Waals surface area contributed by atoms with Crippen molar-refractivity contribution in [3.05, 3.63) is 29.8 Å². The normalized spacial score (nSPS) is 10.1. The largest absolute Gasteiger partial charge is 0.497 e. The van der Waals surface area contributed by atoms with Gasteiger partial charge in [-0.25, -0.2) is 4.79 Å². The molecule has 0 saturated heterocycles. The van der Waals surface area contributed by atoms with Crippen LogP contribution < -0.4 is 4.74 Å². The van der Waals surface area contributed by atoms with E-state index in [1.54, 1.807) is 31.4 Å². The Morgan fingerprint density at radius 2 is 1.93 bits per heavy atom. The van der Waals surface area contributed by atoms with Crippen molar-refractivity contribution in [3.8, 4) is 5.75 Å². The molecule has 0 aliphatic heterocycles. The summed E-state index contributed by atoms with van der Waals surface area (Å²) >= 11 is 0. The molecule has 0 aromatic heterocycles. The number of carbonyl (C=O) groups is 1. The molecule has 0 spiro atoms. The molecule has 1 aromatic rings. The maximum atomic E-state index is 10.7. The van der Waals surface area contributed by atoms with Gasteiger partial charge in [0.2, 0.25) is 0 Å². The van der Waals surface area contributed by atoms with Gasteiger partial charge in [-0.15, -0.1) is 0 Å². The Bertz CT molecular complexity index is 317. The van der Waals surface area contributed by atoms with Gasteiger partial charge in [-0.1, -0.05) is 12.1 Å². The standard InChI is InChI=1S/C10H12O5/c1-14-8-4-2-7(3-5-8)6-15-10(13)9(11)12/h2-5,9,11-12H,6H2,1H3. The highest BCUT2D eigenvalue weighted by atomic mass is 16.6. The van der Waals surface area contributed by atoms with E-state index in [4.69, 9.17) is 14.9 Å². The van der Waals surface area contributed by atoms with Gasteiger partial charge in [-0.05, 0) is 17.7 Å². The number of ether oxygens (including phenoxy) is 2. The van der Waals surface area contributed by atoms with Gasteiger partial charge in [0.25, 0.3) is 6.29 Å². The van der Waals surface area contributed by atoms with Crippen molar-refractivity contribution in [2.75, 3.05) is 7.11 Å². The Labute approximate surface area is 86.9 Å². The van der Waals surface area contributed by atoms with Crippen LogP contribution in [0, 0.1) is 0 Å². The molecule has 2 N–H and O–H groups in total. The first kappa shape index (κ1) is 11.5. The molecule has 1 rings (SSSR count). The van der Waals surface area contributed by atoms with Crippen molar-refractivity contribution in [2.45, 2.75) is 12.9 Å². The smallest absolute Gasteiger partial charge is 0.363 e. The number of carbonyl (C=O) groups excluding carboxylic acids is 1. The fourth-order valence-corrected chi connectivity index (χ4v) is 0.951. The van der Waals surface area contributed by atoms with E-state index in [0.29, 0.717) is 5.75 Å². The van der Waals surface area contributed by atoms with Gasteiger partial charge < -0.3 is 19.7 Å². The summed E-state index contributed by atoms with van der Waals surface area (Å²) in [6.45, 7) is 0.000444. The fourth-order valence-electron chi connectivity index (χ4n) is 0.951. The van der Waals surface area contributed by atoms with E-state index in [2.05, 4.69) is 4.74 Å². The van der Waals surface area contributed by atoms with E-state index >= 15 is 0 Å². The van der Waals surface area contributed by atoms with Crippen LogP contribution in [0.25, 0.3) is 0 Å². The number of rotatable bonds is 4. The molecule has 0 heterocycles. The molecule has 0 aliphatic carbocycles. The number of aliphatic hydroxyl groups is 2. The van der Waals surface area contributed by atoms with Gasteiger partial charge >= 0.3 is 5.97 Å². The lowest BCUT2D eigenvalue weighted by Crippen LogP contribution is -2.21. The van der Waals surface area contributed by atoms with Gasteiger partial charge in [0, 0.05) is 0 Å². The zero-order chi connectivity index (χ0) is 11.3. The van der Waals surface area contributed by atoms with Gasteiger partial charge in [-0.3, -0.25) is 0 Å². The molecule has 5 heteroatoms. The van der Waals surface area contributed by atoms with E-state index < -0.39 is 12.3 Å². The zero-order valence-corrected chi connectivity index (χ0v) is 8.21. The highest BCUT2D eigenvalue weighted by Crippen LogP contribution is 2.11. The summed E-state index contributed by atoms with van der Waals surface area (Å²) < 4.78 is 9.53. The monoisotopic (exact) mass is 212 g/mol. The topological polar surface area (TPSA) is 76.0 Å². The fraction of sp³-hybridized carbons (Fsp3) is 0.300. The van der Waals surface area contributed by atoms with Crippen LogP contribution in [0.3, 0.4) is 0 Å². The van der Waals surface area contributed by atoms with Crippen LogP contribution in [-0.4, -0.2) is 29.6 Å². The van der Waals surface area contributed by atoms with Gasteiger partial charge in [0.1, 0.15) is 12.4 Å². The van der Waals surface area contributed by atoms with Crippen LogP contribution in [0.2, 0.25) is 0 Å². The summed E-state index contributed by atoms with van der Waals surface area (Å²) in [5.74, 6) is -0.363. The number of esters is 1. The minimum absolute atomic E-state index is 0.000444. The Balaban J connectivity index is 2.47. The van der Waals surface area contributed by atoms with E-state index in [0.717, 1.165) is 5.56 Å². The number of methoxy groups -OCH3 is 1. The lowest BCUT2D eigenvalue weighted by molar-refractivity contribution is -0.174. The molecule has 0 saturated carbocycles. The molecule has 0 fully saturated rings. The minimum Gasteiger partial charge on any atom is -0.497 e. The first-order valence-electron chi connectivity index (χ1n) is 4.29. The predicted octanol–water partition coefficient (Wildman–Crippen LogP) is 0.0491. The van der Waals surface area contributed by atoms with E-state index in [1.807, 2.05) is 0 Å². The van der Waals surface area contributed by atoms with Crippen molar-refractivity contribution in [3.63, 3.8) is 0 Å². The Kier molecular flexibility index (Phi) is 4.08. The average molecular weight is 212 g/mol. The quantitative estimate of drug-likeness (QED) is 0.544. The highest BCUT2D eigenvalue weighted by molar-refractivity contribution is 5.72. The molecule has 15 heavy (non-hydrogen) atoms. The molecule has 0 bridgehead atoms. The molecule has 82 valence electrons. The summed E-state index contributed by atoms with van der Waals surface area (Å²) in [6, 6.07) is 6.88. The van der Waals surface area contributed by atoms with Crippen LogP contribution in [0.15, 0.2) is 24.3 Å². The molecule has 0 radical (unpaired) electrons. The van der Waals surface area contributed by atoms with Crippen LogP contribution in [0.5, 0.6) is 5.75 Å². The zero-order valence-electron chi connectivity index (χ0n) is 8.21. The third-order valence-corrected chi connectivity index (χ3v) is 1.75. The maximum absolute atomic E-state index is 10.7. The minimum atomic E-state index is -2.08. The summed E-state index contributed by atoms with van der Waals surface area (Å²) in [7, 11) is 1.55. The molecular weight excluding hydrogens is 200 g/mol. The SMILES string of the molecule is COc1ccc(COC(=O)C(O)O)cc1. The van der Waals surface area contributed by atoms with Crippen molar-refractivity contribution >= 4 is 5.97 Å². The summed E-state index contributed by atoms with van der Waals surface area (Å²) in [5, 5.41) is 16.9. The molecule has 5 nitrogen and oxygen atoms in total. The average Bonchev–Trinajstić information content (AvgIpc) is 2.26. The first-order valence-corrected chi connectivity index (χ1v) is 4.29. The number of aliphatic hydroxyl groups excluding tert-OH is 1. The number of hydrogen-bond donors (Lipinski definition) is 2. The van der Waals surface area contributed by atoms with Gasteiger partial charge in [0.05, 0.1) is 7.11 Å². The third-order valence-electron chi connectivity index (χ3n) is 1.75. The van der Waals surface area contributed by atoms with Crippen molar-refractivity contribution in [1.82, 2.24) is 0 Å². The van der Waals surface area contributed by atoms with Gasteiger partial charge in [-0.2, -0.15) is 0 Å². The number of benzene rings is 1. The van der Waals surface area contributed by atoms with Gasteiger partial charge in [0.15, 0.2) is 0 Å². The molecule has 0 amide bonds. The third kappa shape index (κ3) is 3.57. The molecular formula is C10H12O5. The second-order valence-electron chi connectivity index (χ2n) is 2.83. The Morgan fingerprint density at radius 3 is 2.40 bits per heavy atom. The highest BCUT2D eigenvalue weighted by Gasteiger charge is 2.11. The van der Waals surface area contributed by atoms with E-state index in [9.17, 15) is 4.79 Å². The lowest BCUT2D eigenvalue weighted by Gasteiger charge is -2.06. The lowest BCUT2D eigenvalue weighted by atomic mass is 10.2. The molecule has 0 atom stereocenters. The predicted molar refractivity (Wildman–Crippen MR) is 51.0 cm³/mol. The van der Waals surface area contributed by atoms with Crippen LogP contribution in [0.4, 0.5) is 0 Å². The molecule has 0 aliphatic rings. The second kappa shape index (κ2) is 5.33. The Morgan fingerprint density at radius 1 is 1.33 bits per heavy atom. The summed E-state index contributed by atoms with van der Waals surface area (Å²) in [5.41, 5.74) is 0.741. The molecule has 0 unspecified atom stereocenters. The van der Waals surface area contributed by atoms with E-state index in [1.165, 1.54) is 0 Å². The van der Waals surface area contributed by atoms with Crippen LogP contribution >= 0.6 is 0 Å². The van der Waals surface area contributed by atoms with Crippen molar-refractivity contribution in [1.29, 1.82) is 0 Å². The summed E-state index contributed by atoms with van der Waals surface area (Å²) in [6.07, 6.45) is -2.08. The van der Waals surface area contributed by atoms with Crippen LogP contribution in [0.1, 0.15) is 5.56 Å². The number of hydrogen-bond acceptors (Lipinski definition) is 5. The van der Waals surface area contributed by atoms with Crippen molar-refractivity contribution in [2.24, 2.45) is 0 Å². The van der Waals surface area contributed by atoms with E-state index in [-0.39, 0.29) is 6.61 Å². The summed E-state index contributed by atoms with van der Waals surface area (Å²) in [4.78, 5) is 10.7. The maximum Gasteiger partial charge on any atom is 0.363 e. The second-order valence-corrected chi connectivity index (χ2v) is 2.83. The van der Waals surface area contributed by atoms with Crippen LogP contribution in [-0.2, 0) is 16.1 Å². The van der Waals surface area contributed by atoms with Crippen molar-refractivity contribution < 1.29 is 24.5 Å². The first-order chi connectivity index (χ1) is 7.13. The molecule has 1 aromatic carbocycles. The Hall–Kier alpha value is -1.59.